The van der Waals surface area contributed by atoms with Gasteiger partial charge in [-0.3, -0.25) is 9.59 Å². The predicted molar refractivity (Wildman–Crippen MR) is 86.4 cm³/mol. The Labute approximate surface area is 134 Å². The molecule has 6 nitrogen and oxygen atoms in total. The van der Waals surface area contributed by atoms with Crippen LogP contribution in [0.2, 0.25) is 0 Å². The molecular formula is C17H16N4O2. The van der Waals surface area contributed by atoms with Gasteiger partial charge in [0, 0.05) is 11.3 Å². The third kappa shape index (κ3) is 4.86. The molecule has 23 heavy (non-hydrogen) atoms. The molecule has 0 bridgehead atoms. The fourth-order valence-electron chi connectivity index (χ4n) is 1.90. The van der Waals surface area contributed by atoms with Crippen molar-refractivity contribution in [2.24, 2.45) is 0 Å². The van der Waals surface area contributed by atoms with Gasteiger partial charge in [0.2, 0.25) is 0 Å². The molecular weight excluding hydrogens is 292 g/mol. The quantitative estimate of drug-likeness (QED) is 0.557. The van der Waals surface area contributed by atoms with Gasteiger partial charge in [0.1, 0.15) is 6.54 Å². The molecule has 116 valence electrons. The van der Waals surface area contributed by atoms with Crippen molar-refractivity contribution < 1.29 is 9.59 Å². The zero-order valence-electron chi connectivity index (χ0n) is 12.3. The summed E-state index contributed by atoms with van der Waals surface area (Å²) < 4.78 is 0. The van der Waals surface area contributed by atoms with Crippen molar-refractivity contribution in [1.29, 1.82) is 5.26 Å². The van der Waals surface area contributed by atoms with E-state index in [0.29, 0.717) is 11.3 Å². The molecule has 0 heterocycles. The van der Waals surface area contributed by atoms with Crippen LogP contribution < -0.4 is 16.0 Å². The van der Waals surface area contributed by atoms with Gasteiger partial charge in [-0.05, 0) is 24.3 Å². The van der Waals surface area contributed by atoms with E-state index in [4.69, 9.17) is 5.26 Å². The number of nitrogens with zero attached hydrogens (tertiary/aromatic N) is 1. The summed E-state index contributed by atoms with van der Waals surface area (Å²) in [5, 5.41) is 16.6. The molecule has 3 N–H and O–H groups in total. The number of anilines is 1. The van der Waals surface area contributed by atoms with Crippen molar-refractivity contribution in [2.75, 3.05) is 11.9 Å². The van der Waals surface area contributed by atoms with E-state index in [2.05, 4.69) is 16.0 Å². The van der Waals surface area contributed by atoms with Gasteiger partial charge in [0.25, 0.3) is 11.8 Å². The van der Waals surface area contributed by atoms with Crippen LogP contribution in [-0.2, 0) is 4.79 Å². The van der Waals surface area contributed by atoms with Gasteiger partial charge in [-0.25, -0.2) is 0 Å². The Hall–Kier alpha value is -3.33. The molecule has 2 aromatic carbocycles. The lowest BCUT2D eigenvalue weighted by Crippen LogP contribution is -2.51. The van der Waals surface area contributed by atoms with Gasteiger partial charge in [-0.15, -0.1) is 0 Å². The summed E-state index contributed by atoms with van der Waals surface area (Å²) in [6.07, 6.45) is -0.988. The Morgan fingerprint density at radius 3 is 2.22 bits per heavy atom. The van der Waals surface area contributed by atoms with Gasteiger partial charge < -0.3 is 16.0 Å². The van der Waals surface area contributed by atoms with Gasteiger partial charge in [-0.2, -0.15) is 5.26 Å². The smallest absolute Gasteiger partial charge is 0.264 e. The topological polar surface area (TPSA) is 94.0 Å². The van der Waals surface area contributed by atoms with E-state index in [1.165, 1.54) is 0 Å². The van der Waals surface area contributed by atoms with Gasteiger partial charge in [0.05, 0.1) is 6.07 Å². The number of para-hydroxylation sites is 1. The fraction of sp³-hybridized carbons (Fsp3) is 0.118. The van der Waals surface area contributed by atoms with Crippen molar-refractivity contribution in [2.45, 2.75) is 6.17 Å². The number of carbonyl (C=O) groups excluding carboxylic acids is 2. The van der Waals surface area contributed by atoms with Crippen molar-refractivity contribution in [3.63, 3.8) is 0 Å². The van der Waals surface area contributed by atoms with Crippen LogP contribution in [0.15, 0.2) is 60.7 Å². The monoisotopic (exact) mass is 308 g/mol. The number of rotatable bonds is 6. The molecule has 0 saturated carbocycles. The summed E-state index contributed by atoms with van der Waals surface area (Å²) in [6, 6.07) is 19.4. The molecule has 0 radical (unpaired) electrons. The Morgan fingerprint density at radius 2 is 1.61 bits per heavy atom. The Morgan fingerprint density at radius 1 is 1.00 bits per heavy atom. The van der Waals surface area contributed by atoms with Crippen LogP contribution in [0.5, 0.6) is 0 Å². The maximum absolute atomic E-state index is 12.2. The highest BCUT2D eigenvalue weighted by Gasteiger charge is 2.20. The lowest BCUT2D eigenvalue weighted by Gasteiger charge is -2.20. The molecule has 6 heteroatoms. The third-order valence-corrected chi connectivity index (χ3v) is 3.00. The highest BCUT2D eigenvalue weighted by atomic mass is 16.2. The molecule has 0 saturated heterocycles. The molecule has 0 aliphatic rings. The number of amides is 2. The number of hydrogen-bond donors (Lipinski definition) is 3. The highest BCUT2D eigenvalue weighted by Crippen LogP contribution is 2.07. The number of benzene rings is 2. The zero-order valence-corrected chi connectivity index (χ0v) is 12.3. The molecule has 2 aromatic rings. The zero-order chi connectivity index (χ0) is 16.5. The van der Waals surface area contributed by atoms with E-state index in [9.17, 15) is 9.59 Å². The minimum Gasteiger partial charge on any atom is -0.358 e. The molecule has 2 amide bonds. The van der Waals surface area contributed by atoms with E-state index in [-0.39, 0.29) is 12.5 Å². The van der Waals surface area contributed by atoms with E-state index >= 15 is 0 Å². The Kier molecular flexibility index (Phi) is 5.72. The van der Waals surface area contributed by atoms with Crippen LogP contribution in [-0.4, -0.2) is 24.5 Å². The van der Waals surface area contributed by atoms with Crippen LogP contribution in [0.3, 0.4) is 0 Å². The van der Waals surface area contributed by atoms with Crippen molar-refractivity contribution in [3.05, 3.63) is 66.2 Å². The fourth-order valence-corrected chi connectivity index (χ4v) is 1.90. The lowest BCUT2D eigenvalue weighted by atomic mass is 10.2. The minimum atomic E-state index is -0.988. The average molecular weight is 308 g/mol. The first kappa shape index (κ1) is 16.0. The van der Waals surface area contributed by atoms with Crippen molar-refractivity contribution in [3.8, 4) is 6.07 Å². The second-order valence-electron chi connectivity index (χ2n) is 4.66. The Balaban J connectivity index is 2.11. The van der Waals surface area contributed by atoms with Crippen LogP contribution >= 0.6 is 0 Å². The first-order valence-corrected chi connectivity index (χ1v) is 7.03. The van der Waals surface area contributed by atoms with Crippen LogP contribution in [0.25, 0.3) is 0 Å². The molecule has 1 unspecified atom stereocenters. The van der Waals surface area contributed by atoms with E-state index in [1.54, 1.807) is 42.5 Å². The van der Waals surface area contributed by atoms with Gasteiger partial charge in [0.15, 0.2) is 6.17 Å². The number of hydrogen-bond acceptors (Lipinski definition) is 4. The summed E-state index contributed by atoms with van der Waals surface area (Å²) >= 11 is 0. The maximum atomic E-state index is 12.2. The van der Waals surface area contributed by atoms with Crippen LogP contribution in [0, 0.1) is 11.3 Å². The van der Waals surface area contributed by atoms with Crippen molar-refractivity contribution in [1.82, 2.24) is 10.6 Å². The molecule has 0 aliphatic carbocycles. The van der Waals surface area contributed by atoms with Crippen molar-refractivity contribution >= 4 is 17.5 Å². The van der Waals surface area contributed by atoms with E-state index < -0.39 is 12.1 Å². The van der Waals surface area contributed by atoms with E-state index in [1.807, 2.05) is 24.3 Å². The summed E-state index contributed by atoms with van der Waals surface area (Å²) in [6.45, 7) is -0.132. The Bertz CT molecular complexity index is 696. The van der Waals surface area contributed by atoms with Crippen LogP contribution in [0.1, 0.15) is 10.4 Å². The largest absolute Gasteiger partial charge is 0.358 e. The second kappa shape index (κ2) is 8.20. The van der Waals surface area contributed by atoms with E-state index in [0.717, 1.165) is 0 Å². The third-order valence-electron chi connectivity index (χ3n) is 3.00. The number of nitrogens with one attached hydrogen (secondary N) is 3. The normalized spacial score (nSPS) is 10.9. The van der Waals surface area contributed by atoms with Gasteiger partial charge in [-0.1, -0.05) is 36.4 Å². The number of carbonyl (C=O) groups is 2. The summed E-state index contributed by atoms with van der Waals surface area (Å²) in [5.41, 5.74) is 1.12. The molecule has 0 aliphatic heterocycles. The summed E-state index contributed by atoms with van der Waals surface area (Å²) in [4.78, 5) is 24.4. The average Bonchev–Trinajstić information content (AvgIpc) is 2.60. The molecule has 0 aromatic heterocycles. The lowest BCUT2D eigenvalue weighted by molar-refractivity contribution is -0.122. The second-order valence-corrected chi connectivity index (χ2v) is 4.66. The SMILES string of the molecule is N#CCNC(=O)C(NC(=O)c1ccccc1)Nc1ccccc1. The standard InChI is InChI=1S/C17H16N4O2/c18-11-12-19-17(23)15(20-14-9-5-2-6-10-14)21-16(22)13-7-3-1-4-8-13/h1-10,15,20H,12H2,(H,19,23)(H,21,22). The molecule has 2 rings (SSSR count). The van der Waals surface area contributed by atoms with Crippen LogP contribution in [0.4, 0.5) is 5.69 Å². The summed E-state index contributed by atoms with van der Waals surface area (Å²) in [7, 11) is 0. The summed E-state index contributed by atoms with van der Waals surface area (Å²) in [5.74, 6) is -0.870. The predicted octanol–water partition coefficient (Wildman–Crippen LogP) is 1.49. The molecule has 0 spiro atoms. The van der Waals surface area contributed by atoms with Gasteiger partial charge >= 0.3 is 0 Å². The highest BCUT2D eigenvalue weighted by molar-refractivity contribution is 5.98. The molecule has 1 atom stereocenters. The maximum Gasteiger partial charge on any atom is 0.264 e. The minimum absolute atomic E-state index is 0.132. The number of nitriles is 1. The first-order valence-electron chi connectivity index (χ1n) is 7.03. The first-order chi connectivity index (χ1) is 11.2. The molecule has 0 fully saturated rings.